The third kappa shape index (κ3) is 5.16. The smallest absolute Gasteiger partial charge is 0.355 e. The molecule has 0 aromatic carbocycles. The molecule has 1 unspecified atom stereocenters. The molecule has 0 saturated carbocycles. The lowest BCUT2D eigenvalue weighted by molar-refractivity contribution is -0.130. The van der Waals surface area contributed by atoms with E-state index in [2.05, 4.69) is 10.6 Å². The number of hydrogen-bond donors (Lipinski definition) is 2. The molecule has 0 aromatic heterocycles. The first-order valence-corrected chi connectivity index (χ1v) is 6.52. The minimum absolute atomic E-state index is 0.0542. The normalized spacial score (nSPS) is 25.6. The predicted molar refractivity (Wildman–Crippen MR) is 61.7 cm³/mol. The first kappa shape index (κ1) is 14.6. The third-order valence-electron chi connectivity index (χ3n) is 2.80. The summed E-state index contributed by atoms with van der Waals surface area (Å²) in [5, 5.41) is 5.69. The Morgan fingerprint density at radius 2 is 2.24 bits per heavy atom. The van der Waals surface area contributed by atoms with Crippen LogP contribution >= 0.6 is 11.8 Å². The monoisotopic (exact) mass is 270 g/mol. The number of carbonyl (C=O) groups is 1. The van der Waals surface area contributed by atoms with E-state index in [-0.39, 0.29) is 30.0 Å². The van der Waals surface area contributed by atoms with Crippen LogP contribution in [0.2, 0.25) is 0 Å². The molecule has 7 heteroatoms. The van der Waals surface area contributed by atoms with Crippen LogP contribution in [0, 0.1) is 5.41 Å². The van der Waals surface area contributed by atoms with Crippen molar-refractivity contribution in [2.45, 2.75) is 25.3 Å². The zero-order valence-corrected chi connectivity index (χ0v) is 10.5. The Hall–Kier alpha value is -0.430. The molecule has 17 heavy (non-hydrogen) atoms. The molecule has 1 aliphatic heterocycles. The minimum atomic E-state index is -4.22. The van der Waals surface area contributed by atoms with Crippen molar-refractivity contribution in [3.05, 3.63) is 0 Å². The summed E-state index contributed by atoms with van der Waals surface area (Å²) in [5.74, 6) is -0.300. The van der Waals surface area contributed by atoms with Gasteiger partial charge < -0.3 is 10.6 Å². The quantitative estimate of drug-likeness (QED) is 0.765. The van der Waals surface area contributed by atoms with Crippen molar-refractivity contribution in [1.82, 2.24) is 10.6 Å². The van der Waals surface area contributed by atoms with Gasteiger partial charge >= 0.3 is 5.51 Å². The number of alkyl halides is 3. The Bertz CT molecular complexity index is 265. The lowest BCUT2D eigenvalue weighted by Crippen LogP contribution is -2.49. The molecule has 1 rings (SSSR count). The van der Waals surface area contributed by atoms with Crippen molar-refractivity contribution in [1.29, 1.82) is 0 Å². The summed E-state index contributed by atoms with van der Waals surface area (Å²) >= 11 is -0.109. The zero-order chi connectivity index (χ0) is 12.9. The van der Waals surface area contributed by atoms with E-state index in [0.29, 0.717) is 6.54 Å². The van der Waals surface area contributed by atoms with Gasteiger partial charge in [0.15, 0.2) is 0 Å². The Balaban J connectivity index is 2.24. The van der Waals surface area contributed by atoms with Crippen LogP contribution in [-0.4, -0.2) is 36.8 Å². The molecule has 1 atom stereocenters. The first-order valence-electron chi connectivity index (χ1n) is 5.53. The second-order valence-corrected chi connectivity index (χ2v) is 5.55. The molecule has 1 aliphatic rings. The molecule has 1 heterocycles. The van der Waals surface area contributed by atoms with E-state index >= 15 is 0 Å². The molecule has 0 aromatic rings. The van der Waals surface area contributed by atoms with Crippen LogP contribution in [0.4, 0.5) is 13.2 Å². The molecule has 1 amide bonds. The molecule has 0 radical (unpaired) electrons. The van der Waals surface area contributed by atoms with Crippen LogP contribution in [-0.2, 0) is 4.79 Å². The molecule has 2 N–H and O–H groups in total. The largest absolute Gasteiger partial charge is 0.441 e. The molecular formula is C10H17F3N2OS. The number of rotatable bonds is 4. The summed E-state index contributed by atoms with van der Waals surface area (Å²) < 4.78 is 35.6. The van der Waals surface area contributed by atoms with Gasteiger partial charge in [-0.05, 0) is 38.1 Å². The summed E-state index contributed by atoms with van der Waals surface area (Å²) in [5.41, 5.74) is -4.71. The molecule has 1 saturated heterocycles. The number of piperidine rings is 1. The topological polar surface area (TPSA) is 41.1 Å². The SMILES string of the molecule is CC1(C(=O)NCCSC(F)(F)F)CCCNC1. The summed E-state index contributed by atoms with van der Waals surface area (Å²) in [6.45, 7) is 3.38. The Labute approximate surface area is 103 Å². The van der Waals surface area contributed by atoms with Gasteiger partial charge in [0, 0.05) is 18.8 Å². The maximum absolute atomic E-state index is 11.9. The van der Waals surface area contributed by atoms with Gasteiger partial charge in [-0.1, -0.05) is 0 Å². The van der Waals surface area contributed by atoms with Gasteiger partial charge in [0.2, 0.25) is 5.91 Å². The van der Waals surface area contributed by atoms with E-state index in [1.807, 2.05) is 6.92 Å². The number of halogens is 3. The Morgan fingerprint density at radius 3 is 2.76 bits per heavy atom. The van der Waals surface area contributed by atoms with Gasteiger partial charge in [-0.3, -0.25) is 4.79 Å². The predicted octanol–water partition coefficient (Wildman–Crippen LogP) is 1.75. The van der Waals surface area contributed by atoms with Crippen LogP contribution in [0.5, 0.6) is 0 Å². The van der Waals surface area contributed by atoms with Crippen molar-refractivity contribution in [3.63, 3.8) is 0 Å². The molecule has 3 nitrogen and oxygen atoms in total. The van der Waals surface area contributed by atoms with Gasteiger partial charge in [0.05, 0.1) is 5.41 Å². The number of nitrogens with one attached hydrogen (secondary N) is 2. The summed E-state index contributed by atoms with van der Waals surface area (Å²) in [6, 6.07) is 0. The van der Waals surface area contributed by atoms with Crippen molar-refractivity contribution in [2.75, 3.05) is 25.4 Å². The van der Waals surface area contributed by atoms with Gasteiger partial charge in [0.1, 0.15) is 0 Å². The van der Waals surface area contributed by atoms with Crippen molar-refractivity contribution < 1.29 is 18.0 Å². The van der Waals surface area contributed by atoms with E-state index in [1.54, 1.807) is 0 Å². The van der Waals surface area contributed by atoms with Gasteiger partial charge in [-0.2, -0.15) is 13.2 Å². The number of thioether (sulfide) groups is 1. The maximum atomic E-state index is 11.9. The second kappa shape index (κ2) is 5.95. The van der Waals surface area contributed by atoms with E-state index in [0.717, 1.165) is 19.4 Å². The zero-order valence-electron chi connectivity index (χ0n) is 9.69. The minimum Gasteiger partial charge on any atom is -0.355 e. The highest BCUT2D eigenvalue weighted by atomic mass is 32.2. The van der Waals surface area contributed by atoms with Crippen LogP contribution in [0.3, 0.4) is 0 Å². The lowest BCUT2D eigenvalue weighted by Gasteiger charge is -2.32. The highest BCUT2D eigenvalue weighted by Crippen LogP contribution is 2.29. The van der Waals surface area contributed by atoms with Gasteiger partial charge in [-0.15, -0.1) is 0 Å². The van der Waals surface area contributed by atoms with E-state index in [9.17, 15) is 18.0 Å². The fourth-order valence-electron chi connectivity index (χ4n) is 1.79. The summed E-state index contributed by atoms with van der Waals surface area (Å²) in [6.07, 6.45) is 1.69. The maximum Gasteiger partial charge on any atom is 0.441 e. The van der Waals surface area contributed by atoms with E-state index in [4.69, 9.17) is 0 Å². The fraction of sp³-hybridized carbons (Fsp3) is 0.900. The molecule has 1 fully saturated rings. The average molecular weight is 270 g/mol. The lowest BCUT2D eigenvalue weighted by atomic mass is 9.82. The van der Waals surface area contributed by atoms with Crippen molar-refractivity contribution in [3.8, 4) is 0 Å². The van der Waals surface area contributed by atoms with Crippen LogP contribution in [0.25, 0.3) is 0 Å². The van der Waals surface area contributed by atoms with Crippen LogP contribution < -0.4 is 10.6 Å². The summed E-state index contributed by atoms with van der Waals surface area (Å²) in [4.78, 5) is 11.8. The first-order chi connectivity index (χ1) is 7.83. The third-order valence-corrected chi connectivity index (χ3v) is 3.53. The van der Waals surface area contributed by atoms with Crippen molar-refractivity contribution >= 4 is 17.7 Å². The average Bonchev–Trinajstić information content (AvgIpc) is 2.24. The molecule has 0 spiro atoms. The number of amides is 1. The second-order valence-electron chi connectivity index (χ2n) is 4.39. The molecule has 0 bridgehead atoms. The van der Waals surface area contributed by atoms with E-state index in [1.165, 1.54) is 0 Å². The Morgan fingerprint density at radius 1 is 1.53 bits per heavy atom. The molecular weight excluding hydrogens is 253 g/mol. The fourth-order valence-corrected chi connectivity index (χ4v) is 2.23. The van der Waals surface area contributed by atoms with Gasteiger partial charge in [-0.25, -0.2) is 0 Å². The summed E-state index contributed by atoms with van der Waals surface area (Å²) in [7, 11) is 0. The number of carbonyl (C=O) groups excluding carboxylic acids is 1. The standard InChI is InChI=1S/C10H17F3N2OS/c1-9(3-2-4-14-7-9)8(16)15-5-6-17-10(11,12)13/h14H,2-7H2,1H3,(H,15,16). The highest BCUT2D eigenvalue weighted by molar-refractivity contribution is 8.00. The molecule has 100 valence electrons. The van der Waals surface area contributed by atoms with Crippen LogP contribution in [0.1, 0.15) is 19.8 Å². The van der Waals surface area contributed by atoms with Gasteiger partial charge in [0.25, 0.3) is 0 Å². The highest BCUT2D eigenvalue weighted by Gasteiger charge is 2.34. The Kier molecular flexibility index (Phi) is 5.12. The molecule has 0 aliphatic carbocycles. The van der Waals surface area contributed by atoms with Crippen LogP contribution in [0.15, 0.2) is 0 Å². The van der Waals surface area contributed by atoms with Crippen molar-refractivity contribution in [2.24, 2.45) is 5.41 Å². The number of hydrogen-bond acceptors (Lipinski definition) is 3. The van der Waals surface area contributed by atoms with E-state index < -0.39 is 10.9 Å².